The first-order valence-corrected chi connectivity index (χ1v) is 10.7. The molecule has 30 heavy (non-hydrogen) atoms. The summed E-state index contributed by atoms with van der Waals surface area (Å²) in [6, 6.07) is 9.59. The number of fused-ring (bicyclic) bond motifs is 1. The van der Waals surface area contributed by atoms with E-state index < -0.39 is 6.03 Å². The largest absolute Gasteiger partial charge is 0.338 e. The Balaban J connectivity index is 1.57. The van der Waals surface area contributed by atoms with Crippen LogP contribution in [0.15, 0.2) is 45.8 Å². The average Bonchev–Trinajstić information content (AvgIpc) is 2.73. The normalized spacial score (nSPS) is 10.9. The van der Waals surface area contributed by atoms with Crippen LogP contribution in [0.2, 0.25) is 0 Å². The van der Waals surface area contributed by atoms with Gasteiger partial charge in [-0.25, -0.2) is 9.78 Å². The SMILES string of the molecule is CCCCNC(=O)Nc1nc2ncc(CNCCc3ccc(Br)cc3)cc2c(=O)[nH]1. The van der Waals surface area contributed by atoms with Crippen LogP contribution in [0.4, 0.5) is 10.7 Å². The number of halogens is 1. The van der Waals surface area contributed by atoms with Crippen molar-refractivity contribution in [2.45, 2.75) is 32.7 Å². The summed E-state index contributed by atoms with van der Waals surface area (Å²) in [5.74, 6) is 0.0781. The van der Waals surface area contributed by atoms with Crippen LogP contribution in [0.5, 0.6) is 0 Å². The summed E-state index contributed by atoms with van der Waals surface area (Å²) in [5, 5.41) is 9.00. The van der Waals surface area contributed by atoms with E-state index in [9.17, 15) is 9.59 Å². The molecule has 4 N–H and O–H groups in total. The highest BCUT2D eigenvalue weighted by Gasteiger charge is 2.09. The van der Waals surface area contributed by atoms with E-state index in [0.717, 1.165) is 35.8 Å². The minimum absolute atomic E-state index is 0.0781. The summed E-state index contributed by atoms with van der Waals surface area (Å²) in [6.07, 6.45) is 4.46. The lowest BCUT2D eigenvalue weighted by molar-refractivity contribution is 0.252. The van der Waals surface area contributed by atoms with Gasteiger partial charge in [-0.2, -0.15) is 4.98 Å². The van der Waals surface area contributed by atoms with E-state index in [-0.39, 0.29) is 11.5 Å². The van der Waals surface area contributed by atoms with Crippen LogP contribution >= 0.6 is 15.9 Å². The van der Waals surface area contributed by atoms with Gasteiger partial charge in [0, 0.05) is 23.8 Å². The van der Waals surface area contributed by atoms with Gasteiger partial charge in [0.2, 0.25) is 5.95 Å². The zero-order valence-corrected chi connectivity index (χ0v) is 18.4. The van der Waals surface area contributed by atoms with E-state index >= 15 is 0 Å². The van der Waals surface area contributed by atoms with Gasteiger partial charge in [0.15, 0.2) is 5.65 Å². The average molecular weight is 473 g/mol. The summed E-state index contributed by atoms with van der Waals surface area (Å²) in [5.41, 5.74) is 2.10. The highest BCUT2D eigenvalue weighted by atomic mass is 79.9. The van der Waals surface area contributed by atoms with Crippen molar-refractivity contribution >= 4 is 38.9 Å². The van der Waals surface area contributed by atoms with E-state index in [0.29, 0.717) is 24.1 Å². The molecule has 0 unspecified atom stereocenters. The molecule has 2 amide bonds. The van der Waals surface area contributed by atoms with Gasteiger partial charge < -0.3 is 10.6 Å². The fraction of sp³-hybridized carbons (Fsp3) is 0.333. The molecule has 8 nitrogen and oxygen atoms in total. The van der Waals surface area contributed by atoms with Crippen LogP contribution in [0.25, 0.3) is 11.0 Å². The molecule has 0 aliphatic carbocycles. The molecule has 0 saturated heterocycles. The fourth-order valence-electron chi connectivity index (χ4n) is 2.87. The second kappa shape index (κ2) is 10.8. The molecule has 9 heteroatoms. The standard InChI is InChI=1S/C21H25BrN6O2/c1-2-3-9-24-21(30)28-20-26-18-17(19(29)27-20)11-15(13-25-18)12-23-10-8-14-4-6-16(22)7-5-14/h4-7,11,13,23H,2-3,8-10,12H2,1H3,(H3,24,25,26,27,28,29,30). The van der Waals surface area contributed by atoms with Gasteiger partial charge in [0.25, 0.3) is 5.56 Å². The Bertz CT molecular complexity index is 1050. The number of unbranched alkanes of at least 4 members (excludes halogenated alkanes) is 1. The summed E-state index contributed by atoms with van der Waals surface area (Å²) in [6.45, 7) is 4.01. The minimum Gasteiger partial charge on any atom is -0.338 e. The molecule has 0 aliphatic rings. The van der Waals surface area contributed by atoms with Crippen molar-refractivity contribution in [2.24, 2.45) is 0 Å². The maximum absolute atomic E-state index is 12.4. The maximum Gasteiger partial charge on any atom is 0.321 e. The highest BCUT2D eigenvalue weighted by Crippen LogP contribution is 2.11. The number of hydrogen-bond donors (Lipinski definition) is 4. The smallest absolute Gasteiger partial charge is 0.321 e. The first-order valence-electron chi connectivity index (χ1n) is 9.94. The molecule has 0 radical (unpaired) electrons. The summed E-state index contributed by atoms with van der Waals surface area (Å²) in [4.78, 5) is 35.3. The number of hydrogen-bond acceptors (Lipinski definition) is 5. The summed E-state index contributed by atoms with van der Waals surface area (Å²) >= 11 is 3.43. The first kappa shape index (κ1) is 21.9. The highest BCUT2D eigenvalue weighted by molar-refractivity contribution is 9.10. The minimum atomic E-state index is -0.405. The number of anilines is 1. The molecule has 2 heterocycles. The van der Waals surface area contributed by atoms with Crippen molar-refractivity contribution in [3.05, 3.63) is 62.5 Å². The van der Waals surface area contributed by atoms with Crippen molar-refractivity contribution < 1.29 is 4.79 Å². The van der Waals surface area contributed by atoms with Gasteiger partial charge in [-0.05, 0) is 48.7 Å². The van der Waals surface area contributed by atoms with E-state index in [4.69, 9.17) is 0 Å². The monoisotopic (exact) mass is 472 g/mol. The number of carbonyl (C=O) groups is 1. The molecule has 0 atom stereocenters. The van der Waals surface area contributed by atoms with Gasteiger partial charge in [-0.1, -0.05) is 41.4 Å². The molecule has 3 rings (SSSR count). The van der Waals surface area contributed by atoms with Crippen LogP contribution in [0, 0.1) is 0 Å². The topological polar surface area (TPSA) is 112 Å². The Morgan fingerprint density at radius 3 is 2.73 bits per heavy atom. The van der Waals surface area contributed by atoms with Gasteiger partial charge in [-0.15, -0.1) is 0 Å². The number of nitrogens with one attached hydrogen (secondary N) is 4. The van der Waals surface area contributed by atoms with E-state index in [2.05, 4.69) is 59.0 Å². The van der Waals surface area contributed by atoms with E-state index in [1.54, 1.807) is 12.3 Å². The number of carbonyl (C=O) groups excluding carboxylic acids is 1. The molecular formula is C21H25BrN6O2. The fourth-order valence-corrected chi connectivity index (χ4v) is 3.13. The van der Waals surface area contributed by atoms with Gasteiger partial charge in [-0.3, -0.25) is 15.1 Å². The van der Waals surface area contributed by atoms with Crippen LogP contribution in [0.3, 0.4) is 0 Å². The molecule has 0 fully saturated rings. The van der Waals surface area contributed by atoms with E-state index in [1.165, 1.54) is 5.56 Å². The second-order valence-electron chi connectivity index (χ2n) is 6.92. The number of benzene rings is 1. The molecule has 2 aromatic heterocycles. The van der Waals surface area contributed by atoms with Crippen molar-refractivity contribution in [1.82, 2.24) is 25.6 Å². The lowest BCUT2D eigenvalue weighted by Crippen LogP contribution is -2.31. The molecule has 1 aromatic carbocycles. The molecular weight excluding hydrogens is 448 g/mol. The molecule has 0 bridgehead atoms. The van der Waals surface area contributed by atoms with Gasteiger partial charge in [0.05, 0.1) is 5.39 Å². The quantitative estimate of drug-likeness (QED) is 0.356. The first-order chi connectivity index (χ1) is 14.5. The van der Waals surface area contributed by atoms with Crippen molar-refractivity contribution in [3.8, 4) is 0 Å². The van der Waals surface area contributed by atoms with Crippen molar-refractivity contribution in [3.63, 3.8) is 0 Å². The summed E-state index contributed by atoms with van der Waals surface area (Å²) < 4.78 is 1.07. The third-order valence-electron chi connectivity index (χ3n) is 4.50. The van der Waals surface area contributed by atoms with Crippen LogP contribution in [-0.4, -0.2) is 34.1 Å². The predicted molar refractivity (Wildman–Crippen MR) is 122 cm³/mol. The molecule has 158 valence electrons. The Hall–Kier alpha value is -2.78. The maximum atomic E-state index is 12.4. The second-order valence-corrected chi connectivity index (χ2v) is 7.83. The van der Waals surface area contributed by atoms with Crippen molar-refractivity contribution in [2.75, 3.05) is 18.4 Å². The number of pyridine rings is 1. The molecule has 0 saturated carbocycles. The number of amides is 2. The number of urea groups is 1. The predicted octanol–water partition coefficient (Wildman–Crippen LogP) is 3.33. The third kappa shape index (κ3) is 6.36. The number of nitrogens with zero attached hydrogens (tertiary/aromatic N) is 2. The van der Waals surface area contributed by atoms with E-state index in [1.807, 2.05) is 19.1 Å². The lowest BCUT2D eigenvalue weighted by atomic mass is 10.1. The number of aromatic amines is 1. The number of aromatic nitrogens is 3. The number of H-pyrrole nitrogens is 1. The third-order valence-corrected chi connectivity index (χ3v) is 5.03. The zero-order valence-electron chi connectivity index (χ0n) is 16.8. The molecule has 0 aliphatic heterocycles. The van der Waals surface area contributed by atoms with Crippen LogP contribution in [-0.2, 0) is 13.0 Å². The molecule has 0 spiro atoms. The molecule has 3 aromatic rings. The van der Waals surface area contributed by atoms with Gasteiger partial charge >= 0.3 is 6.03 Å². The number of rotatable bonds is 9. The van der Waals surface area contributed by atoms with Crippen molar-refractivity contribution in [1.29, 1.82) is 0 Å². The Morgan fingerprint density at radius 1 is 1.17 bits per heavy atom. The van der Waals surface area contributed by atoms with Crippen LogP contribution < -0.4 is 21.5 Å². The lowest BCUT2D eigenvalue weighted by Gasteiger charge is -2.08. The zero-order chi connectivity index (χ0) is 21.3. The Morgan fingerprint density at radius 2 is 1.97 bits per heavy atom. The summed E-state index contributed by atoms with van der Waals surface area (Å²) in [7, 11) is 0. The Kier molecular flexibility index (Phi) is 7.92. The van der Waals surface area contributed by atoms with Gasteiger partial charge in [0.1, 0.15) is 0 Å². The Labute approximate surface area is 183 Å². The van der Waals surface area contributed by atoms with Crippen LogP contribution in [0.1, 0.15) is 30.9 Å².